The van der Waals surface area contributed by atoms with Crippen molar-refractivity contribution >= 4 is 0 Å². The molecule has 0 spiro atoms. The van der Waals surface area contributed by atoms with Crippen LogP contribution in [0.4, 0.5) is 74.6 Å². The van der Waals surface area contributed by atoms with Gasteiger partial charge in [0.15, 0.2) is 0 Å². The molecule has 0 aromatic rings. The Labute approximate surface area is 172 Å². The summed E-state index contributed by atoms with van der Waals surface area (Å²) in [5, 5.41) is 0. The Morgan fingerprint density at radius 1 is 0.545 bits per heavy atom. The lowest BCUT2D eigenvalue weighted by Gasteiger charge is -2.42. The summed E-state index contributed by atoms with van der Waals surface area (Å²) in [7, 11) is 0. The van der Waals surface area contributed by atoms with Gasteiger partial charge in [0.2, 0.25) is 0 Å². The lowest BCUT2D eigenvalue weighted by molar-refractivity contribution is -0.462. The van der Waals surface area contributed by atoms with E-state index in [1.54, 1.807) is 0 Å². The van der Waals surface area contributed by atoms with Crippen LogP contribution in [-0.2, 0) is 9.47 Å². The van der Waals surface area contributed by atoms with Crippen molar-refractivity contribution in [3.63, 3.8) is 0 Å². The zero-order chi connectivity index (χ0) is 26.5. The third-order valence-corrected chi connectivity index (χ3v) is 4.41. The highest BCUT2D eigenvalue weighted by Gasteiger charge is 2.95. The van der Waals surface area contributed by atoms with Crippen LogP contribution < -0.4 is 0 Å². The molecule has 1 rings (SSSR count). The molecule has 19 heteroatoms. The highest BCUT2D eigenvalue weighted by molar-refractivity contribution is 5.15. The van der Waals surface area contributed by atoms with Crippen molar-refractivity contribution < 1.29 is 84.1 Å². The van der Waals surface area contributed by atoms with Gasteiger partial charge in [0.1, 0.15) is 0 Å². The smallest absolute Gasteiger partial charge is 0.381 e. The fraction of sp³-hybridized carbons (Fsp3) is 1.00. The Hall–Kier alpha value is -1.27. The Morgan fingerprint density at radius 2 is 0.909 bits per heavy atom. The Balaban J connectivity index is 3.26. The molecule has 1 aliphatic rings. The van der Waals surface area contributed by atoms with E-state index < -0.39 is 73.2 Å². The van der Waals surface area contributed by atoms with E-state index in [0.717, 1.165) is 0 Å². The maximum atomic E-state index is 13.5. The molecule has 0 bridgehead atoms. The number of alkyl halides is 17. The highest BCUT2D eigenvalue weighted by Crippen LogP contribution is 2.64. The predicted molar refractivity (Wildman–Crippen MR) is 70.4 cm³/mol. The first-order valence-corrected chi connectivity index (χ1v) is 8.20. The first-order valence-electron chi connectivity index (χ1n) is 8.20. The second-order valence-corrected chi connectivity index (χ2v) is 6.88. The van der Waals surface area contributed by atoms with Gasteiger partial charge in [-0.15, -0.1) is 0 Å². The molecule has 0 radical (unpaired) electrons. The molecule has 1 heterocycles. The first-order chi connectivity index (χ1) is 14.3. The summed E-state index contributed by atoms with van der Waals surface area (Å²) in [6.07, 6.45) is -10.3. The molecule has 0 aromatic carbocycles. The van der Waals surface area contributed by atoms with Crippen molar-refractivity contribution in [3.8, 4) is 0 Å². The molecule has 0 aromatic heterocycles. The third-order valence-electron chi connectivity index (χ3n) is 4.41. The molecular weight excluding hydrogens is 523 g/mol. The largest absolute Gasteiger partial charge is 0.460 e. The monoisotopic (exact) mass is 534 g/mol. The molecule has 0 amide bonds. The Kier molecular flexibility index (Phi) is 7.61. The van der Waals surface area contributed by atoms with E-state index in [1.165, 1.54) is 0 Å². The maximum absolute atomic E-state index is 13.5. The summed E-state index contributed by atoms with van der Waals surface area (Å²) < 4.78 is 231. The summed E-state index contributed by atoms with van der Waals surface area (Å²) in [5.41, 5.74) is 0. The van der Waals surface area contributed by atoms with Crippen molar-refractivity contribution in [2.75, 3.05) is 26.4 Å². The predicted octanol–water partition coefficient (Wildman–Crippen LogP) is 6.05. The second-order valence-electron chi connectivity index (χ2n) is 6.88. The fourth-order valence-corrected chi connectivity index (χ4v) is 2.18. The summed E-state index contributed by atoms with van der Waals surface area (Å²) in [6.45, 7) is -2.03. The number of rotatable bonds is 11. The molecule has 1 saturated heterocycles. The van der Waals surface area contributed by atoms with Crippen molar-refractivity contribution in [1.29, 1.82) is 0 Å². The standard InChI is InChI=1S/C14H11F17O2/c15-7(16,1-2-32-3-6-4-33-5-6)8(17,18)9(19,20)10(21,22)11(23,24)12(25,26)13(27,28)14(29,30)31/h6H,1-5H2. The van der Waals surface area contributed by atoms with Gasteiger partial charge >= 0.3 is 47.6 Å². The van der Waals surface area contributed by atoms with Gasteiger partial charge in [-0.3, -0.25) is 0 Å². The molecule has 0 aliphatic carbocycles. The minimum atomic E-state index is -8.61. The van der Waals surface area contributed by atoms with Crippen LogP contribution in [0.5, 0.6) is 0 Å². The third kappa shape index (κ3) is 4.42. The van der Waals surface area contributed by atoms with E-state index in [9.17, 15) is 74.6 Å². The Morgan fingerprint density at radius 3 is 1.24 bits per heavy atom. The van der Waals surface area contributed by atoms with Crippen LogP contribution in [-0.4, -0.2) is 74.1 Å². The summed E-state index contributed by atoms with van der Waals surface area (Å²) in [5.74, 6) is -56.6. The topological polar surface area (TPSA) is 18.5 Å². The second kappa shape index (κ2) is 8.44. The minimum Gasteiger partial charge on any atom is -0.381 e. The molecule has 198 valence electrons. The molecule has 1 fully saturated rings. The van der Waals surface area contributed by atoms with Gasteiger partial charge in [0.05, 0.1) is 26.4 Å². The van der Waals surface area contributed by atoms with Crippen LogP contribution in [0, 0.1) is 5.92 Å². The van der Waals surface area contributed by atoms with Gasteiger partial charge in [0, 0.05) is 12.3 Å². The molecule has 0 unspecified atom stereocenters. The van der Waals surface area contributed by atoms with Crippen molar-refractivity contribution in [3.05, 3.63) is 0 Å². The van der Waals surface area contributed by atoms with Crippen LogP contribution in [0.25, 0.3) is 0 Å². The van der Waals surface area contributed by atoms with Crippen molar-refractivity contribution in [2.45, 2.75) is 54.1 Å². The van der Waals surface area contributed by atoms with Crippen LogP contribution in [0.2, 0.25) is 0 Å². The van der Waals surface area contributed by atoms with Gasteiger partial charge in [-0.1, -0.05) is 0 Å². The number of hydrogen-bond donors (Lipinski definition) is 0. The molecule has 2 nitrogen and oxygen atoms in total. The zero-order valence-electron chi connectivity index (χ0n) is 15.4. The van der Waals surface area contributed by atoms with Gasteiger partial charge in [0.25, 0.3) is 0 Å². The lowest BCUT2D eigenvalue weighted by atomic mass is 9.88. The minimum absolute atomic E-state index is 0.0166. The summed E-state index contributed by atoms with van der Waals surface area (Å²) in [4.78, 5) is 0. The van der Waals surface area contributed by atoms with Gasteiger partial charge < -0.3 is 9.47 Å². The zero-order valence-corrected chi connectivity index (χ0v) is 15.4. The number of halogens is 17. The Bertz CT molecular complexity index is 680. The fourth-order valence-electron chi connectivity index (χ4n) is 2.18. The van der Waals surface area contributed by atoms with Crippen LogP contribution in [0.15, 0.2) is 0 Å². The number of hydrogen-bond acceptors (Lipinski definition) is 2. The highest BCUT2D eigenvalue weighted by atomic mass is 19.4. The van der Waals surface area contributed by atoms with Crippen molar-refractivity contribution in [1.82, 2.24) is 0 Å². The first kappa shape index (κ1) is 29.8. The summed E-state index contributed by atoms with van der Waals surface area (Å²) in [6, 6.07) is 0. The molecule has 1 aliphatic heterocycles. The average molecular weight is 534 g/mol. The maximum Gasteiger partial charge on any atom is 0.460 e. The molecule has 0 atom stereocenters. The molecule has 0 saturated carbocycles. The van der Waals surface area contributed by atoms with E-state index in [1.807, 2.05) is 0 Å². The SMILES string of the molecule is FC(F)(F)C(F)(F)C(F)(F)C(F)(F)C(F)(F)C(F)(F)C(F)(F)C(F)(F)CCOCC1COC1. The van der Waals surface area contributed by atoms with Crippen molar-refractivity contribution in [2.24, 2.45) is 5.92 Å². The lowest BCUT2D eigenvalue weighted by Crippen LogP contribution is -2.74. The molecule has 33 heavy (non-hydrogen) atoms. The van der Waals surface area contributed by atoms with E-state index in [4.69, 9.17) is 0 Å². The van der Waals surface area contributed by atoms with E-state index in [0.29, 0.717) is 0 Å². The average Bonchev–Trinajstić information content (AvgIpc) is 2.57. The van der Waals surface area contributed by atoms with E-state index >= 15 is 0 Å². The van der Waals surface area contributed by atoms with Gasteiger partial charge in [-0.25, -0.2) is 0 Å². The normalized spacial score (nSPS) is 18.5. The summed E-state index contributed by atoms with van der Waals surface area (Å²) >= 11 is 0. The van der Waals surface area contributed by atoms with Crippen LogP contribution >= 0.6 is 0 Å². The van der Waals surface area contributed by atoms with Crippen LogP contribution in [0.3, 0.4) is 0 Å². The quantitative estimate of drug-likeness (QED) is 0.238. The molecular formula is C14H11F17O2. The van der Waals surface area contributed by atoms with Crippen LogP contribution in [0.1, 0.15) is 6.42 Å². The van der Waals surface area contributed by atoms with Gasteiger partial charge in [-0.05, 0) is 0 Å². The van der Waals surface area contributed by atoms with Gasteiger partial charge in [-0.2, -0.15) is 74.6 Å². The molecule has 0 N–H and O–H groups in total. The van der Waals surface area contributed by atoms with E-state index in [-0.39, 0.29) is 13.2 Å². The van der Waals surface area contributed by atoms with E-state index in [2.05, 4.69) is 9.47 Å². The number of ether oxygens (including phenoxy) is 2.